The van der Waals surface area contributed by atoms with E-state index in [1.165, 1.54) is 0 Å². The van der Waals surface area contributed by atoms with Crippen LogP contribution in [0.4, 0.5) is 0 Å². The first kappa shape index (κ1) is 10.1. The van der Waals surface area contributed by atoms with E-state index in [-0.39, 0.29) is 5.92 Å². The van der Waals surface area contributed by atoms with Crippen molar-refractivity contribution in [3.8, 4) is 0 Å². The molecule has 1 aliphatic rings. The lowest BCUT2D eigenvalue weighted by Gasteiger charge is -2.11. The van der Waals surface area contributed by atoms with E-state index in [1.807, 2.05) is 6.92 Å². The monoisotopic (exact) mass is 209 g/mol. The fraction of sp³-hybridized carbons (Fsp3) is 0.700. The highest BCUT2D eigenvalue weighted by Gasteiger charge is 2.29. The Hall–Kier alpha value is -1.39. The summed E-state index contributed by atoms with van der Waals surface area (Å²) in [7, 11) is 0. The van der Waals surface area contributed by atoms with Gasteiger partial charge in [0, 0.05) is 11.8 Å². The van der Waals surface area contributed by atoms with Crippen molar-refractivity contribution in [2.75, 3.05) is 0 Å². The van der Waals surface area contributed by atoms with Gasteiger partial charge in [-0.15, -0.1) is 0 Å². The molecule has 0 aromatic carbocycles. The zero-order chi connectivity index (χ0) is 11.0. The van der Waals surface area contributed by atoms with Gasteiger partial charge in [0.25, 0.3) is 0 Å². The minimum absolute atomic E-state index is 0.147. The largest absolute Gasteiger partial charge is 0.481 e. The van der Waals surface area contributed by atoms with Gasteiger partial charge in [-0.3, -0.25) is 9.89 Å². The first-order chi connectivity index (χ1) is 7.09. The number of H-pyrrole nitrogens is 1. The number of rotatable bonds is 4. The number of nitrogens with zero attached hydrogens (tertiary/aromatic N) is 2. The summed E-state index contributed by atoms with van der Waals surface area (Å²) >= 11 is 0. The molecule has 0 amide bonds. The van der Waals surface area contributed by atoms with Crippen LogP contribution in [0, 0.1) is 5.92 Å². The number of aliphatic carboxylic acids is 1. The van der Waals surface area contributed by atoms with E-state index in [1.54, 1.807) is 6.92 Å². The molecule has 82 valence electrons. The van der Waals surface area contributed by atoms with Crippen molar-refractivity contribution in [2.24, 2.45) is 5.92 Å². The van der Waals surface area contributed by atoms with Gasteiger partial charge in [0.15, 0.2) is 5.82 Å². The minimum Gasteiger partial charge on any atom is -0.481 e. The molecule has 0 radical (unpaired) electrons. The second-order valence-electron chi connectivity index (χ2n) is 4.27. The molecule has 2 unspecified atom stereocenters. The van der Waals surface area contributed by atoms with Crippen LogP contribution < -0.4 is 0 Å². The van der Waals surface area contributed by atoms with Crippen LogP contribution in [-0.2, 0) is 4.79 Å². The van der Waals surface area contributed by atoms with E-state index >= 15 is 0 Å². The van der Waals surface area contributed by atoms with E-state index in [0.717, 1.165) is 18.7 Å². The molecule has 2 N–H and O–H groups in total. The summed E-state index contributed by atoms with van der Waals surface area (Å²) in [5, 5.41) is 15.8. The van der Waals surface area contributed by atoms with Crippen molar-refractivity contribution in [1.82, 2.24) is 15.2 Å². The number of hydrogen-bond donors (Lipinski definition) is 2. The molecule has 1 aliphatic carbocycles. The number of carbonyl (C=O) groups is 1. The van der Waals surface area contributed by atoms with Gasteiger partial charge in [-0.25, -0.2) is 4.98 Å². The van der Waals surface area contributed by atoms with Crippen LogP contribution >= 0.6 is 0 Å². The van der Waals surface area contributed by atoms with Crippen LogP contribution in [0.1, 0.15) is 50.2 Å². The minimum atomic E-state index is -0.805. The van der Waals surface area contributed by atoms with Crippen molar-refractivity contribution in [2.45, 2.75) is 38.5 Å². The van der Waals surface area contributed by atoms with Gasteiger partial charge in [-0.1, -0.05) is 13.8 Å². The van der Waals surface area contributed by atoms with Gasteiger partial charge >= 0.3 is 5.97 Å². The summed E-state index contributed by atoms with van der Waals surface area (Å²) in [6, 6.07) is 0. The molecule has 0 saturated heterocycles. The maximum Gasteiger partial charge on any atom is 0.306 e. The fourth-order valence-corrected chi connectivity index (χ4v) is 1.47. The Bertz CT molecular complexity index is 370. The van der Waals surface area contributed by atoms with Gasteiger partial charge < -0.3 is 5.11 Å². The predicted octanol–water partition coefficient (Wildman–Crippen LogP) is 1.51. The lowest BCUT2D eigenvalue weighted by atomic mass is 9.96. The first-order valence-corrected chi connectivity index (χ1v) is 5.24. The summed E-state index contributed by atoms with van der Waals surface area (Å²) in [5.41, 5.74) is 0. The number of nitrogens with one attached hydrogen (secondary N) is 1. The molecule has 1 saturated carbocycles. The Labute approximate surface area is 87.9 Å². The normalized spacial score (nSPS) is 19.9. The van der Waals surface area contributed by atoms with Gasteiger partial charge in [0.2, 0.25) is 0 Å². The Balaban J connectivity index is 2.10. The third-order valence-corrected chi connectivity index (χ3v) is 3.03. The zero-order valence-electron chi connectivity index (χ0n) is 8.90. The molecule has 5 nitrogen and oxygen atoms in total. The van der Waals surface area contributed by atoms with Gasteiger partial charge in [-0.2, -0.15) is 5.10 Å². The van der Waals surface area contributed by atoms with Gasteiger partial charge in [0.05, 0.1) is 5.92 Å². The second-order valence-corrected chi connectivity index (χ2v) is 4.27. The number of carboxylic acid groups (broad SMARTS) is 1. The quantitative estimate of drug-likeness (QED) is 0.787. The first-order valence-electron chi connectivity index (χ1n) is 5.24. The van der Waals surface area contributed by atoms with E-state index in [0.29, 0.717) is 11.7 Å². The third kappa shape index (κ3) is 2.00. The Morgan fingerprint density at radius 3 is 2.73 bits per heavy atom. The summed E-state index contributed by atoms with van der Waals surface area (Å²) in [6.07, 6.45) is 2.33. The van der Waals surface area contributed by atoms with Crippen molar-refractivity contribution < 1.29 is 9.90 Å². The van der Waals surface area contributed by atoms with Crippen LogP contribution in [0.25, 0.3) is 0 Å². The lowest BCUT2D eigenvalue weighted by molar-refractivity contribution is -0.141. The van der Waals surface area contributed by atoms with Crippen LogP contribution in [0.15, 0.2) is 0 Å². The number of carboxylic acids is 1. The predicted molar refractivity (Wildman–Crippen MR) is 53.6 cm³/mol. The van der Waals surface area contributed by atoms with E-state index in [4.69, 9.17) is 5.11 Å². The standard InChI is InChI=1S/C10H15N3O2/c1-5(6(2)10(14)15)8-11-9(13-12-8)7-3-4-7/h5-7H,3-4H2,1-2H3,(H,14,15)(H,11,12,13). The molecule has 1 fully saturated rings. The van der Waals surface area contributed by atoms with Gasteiger partial charge in [0.1, 0.15) is 5.82 Å². The molecular formula is C10H15N3O2. The summed E-state index contributed by atoms with van der Waals surface area (Å²) in [4.78, 5) is 15.1. The number of aromatic amines is 1. The van der Waals surface area contributed by atoms with Crippen molar-refractivity contribution in [1.29, 1.82) is 0 Å². The Morgan fingerprint density at radius 2 is 2.20 bits per heavy atom. The van der Waals surface area contributed by atoms with E-state index in [2.05, 4.69) is 15.2 Å². The highest BCUT2D eigenvalue weighted by atomic mass is 16.4. The molecule has 2 rings (SSSR count). The molecule has 0 bridgehead atoms. The van der Waals surface area contributed by atoms with Crippen molar-refractivity contribution in [3.05, 3.63) is 11.6 Å². The number of aromatic nitrogens is 3. The second kappa shape index (κ2) is 3.64. The molecule has 5 heteroatoms. The zero-order valence-corrected chi connectivity index (χ0v) is 8.90. The topological polar surface area (TPSA) is 78.9 Å². The Kier molecular flexibility index (Phi) is 2.46. The smallest absolute Gasteiger partial charge is 0.306 e. The average molecular weight is 209 g/mol. The maximum absolute atomic E-state index is 10.8. The van der Waals surface area contributed by atoms with Crippen molar-refractivity contribution in [3.63, 3.8) is 0 Å². The molecule has 2 atom stereocenters. The SMILES string of the molecule is CC(C(=O)O)C(C)c1n[nH]c(C2CC2)n1. The van der Waals surface area contributed by atoms with E-state index in [9.17, 15) is 4.79 Å². The van der Waals surface area contributed by atoms with Crippen LogP contribution in [0.5, 0.6) is 0 Å². The van der Waals surface area contributed by atoms with Crippen molar-refractivity contribution >= 4 is 5.97 Å². The average Bonchev–Trinajstić information content (AvgIpc) is 2.94. The van der Waals surface area contributed by atoms with Crippen LogP contribution in [0.3, 0.4) is 0 Å². The fourth-order valence-electron chi connectivity index (χ4n) is 1.47. The molecule has 15 heavy (non-hydrogen) atoms. The third-order valence-electron chi connectivity index (χ3n) is 3.03. The molecule has 0 spiro atoms. The molecule has 1 aromatic rings. The van der Waals surface area contributed by atoms with Crippen LogP contribution in [-0.4, -0.2) is 26.3 Å². The number of hydrogen-bond acceptors (Lipinski definition) is 3. The molecule has 0 aliphatic heterocycles. The molecular weight excluding hydrogens is 194 g/mol. The van der Waals surface area contributed by atoms with Crippen LogP contribution in [0.2, 0.25) is 0 Å². The summed E-state index contributed by atoms with van der Waals surface area (Å²) < 4.78 is 0. The summed E-state index contributed by atoms with van der Waals surface area (Å²) in [6.45, 7) is 3.53. The highest BCUT2D eigenvalue weighted by molar-refractivity contribution is 5.70. The lowest BCUT2D eigenvalue weighted by Crippen LogP contribution is -2.17. The molecule has 1 heterocycles. The molecule has 1 aromatic heterocycles. The van der Waals surface area contributed by atoms with E-state index < -0.39 is 11.9 Å². The Morgan fingerprint density at radius 1 is 1.53 bits per heavy atom. The van der Waals surface area contributed by atoms with Gasteiger partial charge in [-0.05, 0) is 12.8 Å². The summed E-state index contributed by atoms with van der Waals surface area (Å²) in [5.74, 6) is 0.652. The highest BCUT2D eigenvalue weighted by Crippen LogP contribution is 2.38. The maximum atomic E-state index is 10.8.